The largest absolute Gasteiger partial charge is 0.497 e. The molecule has 2 aliphatic heterocycles. The number of rotatable bonds is 5. The summed E-state index contributed by atoms with van der Waals surface area (Å²) < 4.78 is 5.38. The van der Waals surface area contributed by atoms with Gasteiger partial charge in [-0.2, -0.15) is 0 Å². The molecule has 0 aliphatic carbocycles. The van der Waals surface area contributed by atoms with Gasteiger partial charge in [-0.15, -0.1) is 0 Å². The summed E-state index contributed by atoms with van der Waals surface area (Å²) in [6.45, 7) is 5.34. The minimum atomic E-state index is 0.110. The van der Waals surface area contributed by atoms with Gasteiger partial charge in [0, 0.05) is 18.2 Å². The van der Waals surface area contributed by atoms with Crippen LogP contribution < -0.4 is 10.1 Å². The van der Waals surface area contributed by atoms with Gasteiger partial charge in [-0.1, -0.05) is 18.6 Å². The molecule has 4 nitrogen and oxygen atoms in total. The van der Waals surface area contributed by atoms with Gasteiger partial charge in [0.1, 0.15) is 5.75 Å². The topological polar surface area (TPSA) is 41.6 Å². The Balaban J connectivity index is 1.89. The summed E-state index contributed by atoms with van der Waals surface area (Å²) in [5.74, 6) is 0.956. The molecule has 1 atom stereocenters. The molecule has 1 saturated heterocycles. The molecular formula is C21H30N2O2. The van der Waals surface area contributed by atoms with E-state index in [1.165, 1.54) is 24.8 Å². The third-order valence-electron chi connectivity index (χ3n) is 5.46. The fourth-order valence-electron chi connectivity index (χ4n) is 3.99. The Morgan fingerprint density at radius 1 is 1.20 bits per heavy atom. The van der Waals surface area contributed by atoms with E-state index in [4.69, 9.17) is 4.74 Å². The lowest BCUT2D eigenvalue weighted by atomic mass is 9.92. The van der Waals surface area contributed by atoms with Gasteiger partial charge in [0.2, 0.25) is 5.91 Å². The van der Waals surface area contributed by atoms with Crippen LogP contribution >= 0.6 is 0 Å². The number of ether oxygens (including phenoxy) is 1. The van der Waals surface area contributed by atoms with Gasteiger partial charge >= 0.3 is 0 Å². The predicted molar refractivity (Wildman–Crippen MR) is 102 cm³/mol. The minimum Gasteiger partial charge on any atom is -0.497 e. The van der Waals surface area contributed by atoms with Crippen molar-refractivity contribution in [2.75, 3.05) is 26.7 Å². The van der Waals surface area contributed by atoms with Crippen LogP contribution in [0.5, 0.6) is 5.75 Å². The average molecular weight is 342 g/mol. The fourth-order valence-corrected chi connectivity index (χ4v) is 3.99. The smallest absolute Gasteiger partial charge is 0.247 e. The molecule has 0 bridgehead atoms. The van der Waals surface area contributed by atoms with Crippen LogP contribution in [0, 0.1) is 0 Å². The second kappa shape index (κ2) is 8.52. The molecule has 136 valence electrons. The molecule has 1 unspecified atom stereocenters. The Labute approximate surface area is 151 Å². The maximum atomic E-state index is 12.8. The van der Waals surface area contributed by atoms with Gasteiger partial charge < -0.3 is 15.0 Å². The van der Waals surface area contributed by atoms with E-state index in [0.29, 0.717) is 6.04 Å². The number of hydrogen-bond donors (Lipinski definition) is 1. The van der Waals surface area contributed by atoms with Crippen LogP contribution in [0.2, 0.25) is 0 Å². The number of methoxy groups -OCH3 is 1. The normalized spacial score (nSPS) is 20.8. The molecule has 4 heteroatoms. The van der Waals surface area contributed by atoms with Crippen molar-refractivity contribution in [3.8, 4) is 5.75 Å². The van der Waals surface area contributed by atoms with Crippen molar-refractivity contribution in [1.82, 2.24) is 10.2 Å². The standard InChI is InChI=1S/C21H30N2O2/c1-16(23-12-4-3-5-13-23)14-20-19(10-7-11-22-21(20)24)17-8-6-9-18(15-17)25-2/h6,8-9,15-16H,3-5,7,10-14H2,1-2H3,(H,22,24). The van der Waals surface area contributed by atoms with Gasteiger partial charge in [0.15, 0.2) is 0 Å². The first kappa shape index (κ1) is 18.0. The Morgan fingerprint density at radius 3 is 2.76 bits per heavy atom. The molecule has 0 aromatic heterocycles. The highest BCUT2D eigenvalue weighted by Crippen LogP contribution is 2.31. The highest BCUT2D eigenvalue weighted by Gasteiger charge is 2.25. The molecule has 2 aliphatic rings. The highest BCUT2D eigenvalue weighted by atomic mass is 16.5. The molecule has 0 radical (unpaired) electrons. The van der Waals surface area contributed by atoms with Gasteiger partial charge in [0.05, 0.1) is 7.11 Å². The Morgan fingerprint density at radius 2 is 2.00 bits per heavy atom. The lowest BCUT2D eigenvalue weighted by Gasteiger charge is -2.33. The number of nitrogens with one attached hydrogen (secondary N) is 1. The number of hydrogen-bond acceptors (Lipinski definition) is 3. The number of allylic oxidation sites excluding steroid dienone is 1. The molecular weight excluding hydrogens is 312 g/mol. The van der Waals surface area contributed by atoms with Crippen molar-refractivity contribution in [3.63, 3.8) is 0 Å². The van der Waals surface area contributed by atoms with Crippen LogP contribution in [0.25, 0.3) is 5.57 Å². The molecule has 1 aromatic carbocycles. The van der Waals surface area contributed by atoms with Gasteiger partial charge in [-0.05, 0) is 75.4 Å². The zero-order valence-corrected chi connectivity index (χ0v) is 15.5. The molecule has 1 N–H and O–H groups in total. The Hall–Kier alpha value is -1.81. The number of carbonyl (C=O) groups excluding carboxylic acids is 1. The monoisotopic (exact) mass is 342 g/mol. The van der Waals surface area contributed by atoms with E-state index in [1.54, 1.807) is 7.11 Å². The predicted octanol–water partition coefficient (Wildman–Crippen LogP) is 3.62. The second-order valence-corrected chi connectivity index (χ2v) is 7.20. The number of benzene rings is 1. The van der Waals surface area contributed by atoms with Gasteiger partial charge in [0.25, 0.3) is 0 Å². The summed E-state index contributed by atoms with van der Waals surface area (Å²) in [6.07, 6.45) is 6.63. The van der Waals surface area contributed by atoms with Crippen molar-refractivity contribution in [3.05, 3.63) is 35.4 Å². The van der Waals surface area contributed by atoms with Crippen LogP contribution in [0.4, 0.5) is 0 Å². The zero-order chi connectivity index (χ0) is 17.6. The highest BCUT2D eigenvalue weighted by molar-refractivity contribution is 6.01. The molecule has 2 heterocycles. The lowest BCUT2D eigenvalue weighted by molar-refractivity contribution is -0.117. The number of nitrogens with zero attached hydrogens (tertiary/aromatic N) is 1. The van der Waals surface area contributed by atoms with Crippen LogP contribution in [0.1, 0.15) is 51.0 Å². The average Bonchev–Trinajstić information content (AvgIpc) is 2.84. The summed E-state index contributed by atoms with van der Waals surface area (Å²) in [7, 11) is 1.69. The van der Waals surface area contributed by atoms with Crippen LogP contribution in [-0.4, -0.2) is 43.6 Å². The molecule has 0 saturated carbocycles. The van der Waals surface area contributed by atoms with E-state index < -0.39 is 0 Å². The summed E-state index contributed by atoms with van der Waals surface area (Å²) in [4.78, 5) is 15.3. The number of amides is 1. The first-order valence-corrected chi connectivity index (χ1v) is 9.57. The van der Waals surface area contributed by atoms with E-state index in [2.05, 4.69) is 29.3 Å². The maximum absolute atomic E-state index is 12.8. The Bertz CT molecular complexity index is 633. The zero-order valence-electron chi connectivity index (χ0n) is 15.5. The van der Waals surface area contributed by atoms with E-state index in [0.717, 1.165) is 55.8 Å². The lowest BCUT2D eigenvalue weighted by Crippen LogP contribution is -2.38. The molecule has 1 fully saturated rings. The maximum Gasteiger partial charge on any atom is 0.247 e. The van der Waals surface area contributed by atoms with Crippen molar-refractivity contribution in [2.24, 2.45) is 0 Å². The molecule has 1 amide bonds. The van der Waals surface area contributed by atoms with Crippen LogP contribution in [0.15, 0.2) is 29.8 Å². The summed E-state index contributed by atoms with van der Waals surface area (Å²) in [5, 5.41) is 3.08. The quantitative estimate of drug-likeness (QED) is 0.888. The first-order valence-electron chi connectivity index (χ1n) is 9.57. The minimum absolute atomic E-state index is 0.110. The Kier molecular flexibility index (Phi) is 6.14. The molecule has 3 rings (SSSR count). The van der Waals surface area contributed by atoms with E-state index >= 15 is 0 Å². The number of piperidine rings is 1. The SMILES string of the molecule is COc1cccc(C2=C(CC(C)N3CCCCC3)C(=O)NCCC2)c1. The second-order valence-electron chi connectivity index (χ2n) is 7.20. The molecule has 0 spiro atoms. The summed E-state index contributed by atoms with van der Waals surface area (Å²) >= 11 is 0. The first-order chi connectivity index (χ1) is 12.2. The third kappa shape index (κ3) is 4.43. The van der Waals surface area contributed by atoms with Crippen molar-refractivity contribution in [1.29, 1.82) is 0 Å². The van der Waals surface area contributed by atoms with E-state index in [1.807, 2.05) is 12.1 Å². The molecule has 25 heavy (non-hydrogen) atoms. The number of carbonyl (C=O) groups is 1. The summed E-state index contributed by atoms with van der Waals surface area (Å²) in [6, 6.07) is 8.52. The summed E-state index contributed by atoms with van der Waals surface area (Å²) in [5.41, 5.74) is 3.28. The van der Waals surface area contributed by atoms with Gasteiger partial charge in [-0.25, -0.2) is 0 Å². The van der Waals surface area contributed by atoms with E-state index in [-0.39, 0.29) is 5.91 Å². The van der Waals surface area contributed by atoms with Crippen LogP contribution in [0.3, 0.4) is 0 Å². The molecule has 1 aromatic rings. The fraction of sp³-hybridized carbons (Fsp3) is 0.571. The van der Waals surface area contributed by atoms with Crippen molar-refractivity contribution in [2.45, 2.75) is 51.5 Å². The van der Waals surface area contributed by atoms with Crippen molar-refractivity contribution < 1.29 is 9.53 Å². The number of likely N-dealkylation sites (tertiary alicyclic amines) is 1. The van der Waals surface area contributed by atoms with E-state index in [9.17, 15) is 4.79 Å². The van der Waals surface area contributed by atoms with Crippen molar-refractivity contribution >= 4 is 11.5 Å². The van der Waals surface area contributed by atoms with Crippen LogP contribution in [-0.2, 0) is 4.79 Å². The third-order valence-corrected chi connectivity index (χ3v) is 5.46. The van der Waals surface area contributed by atoms with Gasteiger partial charge in [-0.3, -0.25) is 4.79 Å².